The van der Waals surface area contributed by atoms with E-state index in [0.29, 0.717) is 0 Å². The van der Waals surface area contributed by atoms with E-state index in [1.807, 2.05) is 0 Å². The zero-order valence-electron chi connectivity index (χ0n) is 17.8. The van der Waals surface area contributed by atoms with E-state index in [2.05, 4.69) is 93.6 Å². The number of thiophene rings is 1. The maximum Gasteiger partial charge on any atom is 0.116 e. The monoisotopic (exact) mass is 418 g/mol. The fourth-order valence-corrected chi connectivity index (χ4v) is 5.80. The highest BCUT2D eigenvalue weighted by Crippen LogP contribution is 2.42. The van der Waals surface area contributed by atoms with Crippen molar-refractivity contribution in [1.82, 2.24) is 9.97 Å². The van der Waals surface area contributed by atoms with Gasteiger partial charge in [-0.1, -0.05) is 75.4 Å². The van der Waals surface area contributed by atoms with Crippen LogP contribution >= 0.6 is 11.3 Å². The van der Waals surface area contributed by atoms with Crippen molar-refractivity contribution in [2.24, 2.45) is 0 Å². The smallest absolute Gasteiger partial charge is 0.116 e. The third kappa shape index (κ3) is 2.84. The van der Waals surface area contributed by atoms with Crippen molar-refractivity contribution in [2.45, 2.75) is 26.2 Å². The van der Waals surface area contributed by atoms with Crippen LogP contribution in [-0.4, -0.2) is 9.97 Å². The second-order valence-electron chi connectivity index (χ2n) is 9.16. The summed E-state index contributed by atoms with van der Waals surface area (Å²) in [6.07, 6.45) is 1.72. The first-order valence-corrected chi connectivity index (χ1v) is 11.4. The number of fused-ring (bicyclic) bond motifs is 6. The molecule has 0 saturated carbocycles. The molecule has 150 valence electrons. The van der Waals surface area contributed by atoms with E-state index in [9.17, 15) is 0 Å². The number of aromatic nitrogens is 2. The minimum Gasteiger partial charge on any atom is -0.235 e. The van der Waals surface area contributed by atoms with Crippen LogP contribution in [0.25, 0.3) is 53.1 Å². The molecule has 6 rings (SSSR count). The van der Waals surface area contributed by atoms with Crippen LogP contribution in [0.5, 0.6) is 0 Å². The Kier molecular flexibility index (Phi) is 3.93. The van der Waals surface area contributed by atoms with Crippen LogP contribution in [0.4, 0.5) is 0 Å². The van der Waals surface area contributed by atoms with Crippen LogP contribution in [0.3, 0.4) is 0 Å². The van der Waals surface area contributed by atoms with Gasteiger partial charge in [0.2, 0.25) is 0 Å². The van der Waals surface area contributed by atoms with Crippen molar-refractivity contribution in [2.75, 3.05) is 0 Å². The average molecular weight is 419 g/mol. The Morgan fingerprint density at radius 1 is 0.742 bits per heavy atom. The number of benzene rings is 4. The summed E-state index contributed by atoms with van der Waals surface area (Å²) in [4.78, 5) is 9.52. The molecule has 6 aromatic rings. The minimum absolute atomic E-state index is 0.0398. The Balaban J connectivity index is 1.71. The standard InChI is InChI=1S/C28H22N2S/c1-28(2,3)22-15-19(14-18-9-5-6-10-20(18)22)25-27-26(30-16-29-25)24-21-11-7-4-8-17(21)12-13-23(24)31-27/h4-16H,1-3H3. The average Bonchev–Trinajstić information content (AvgIpc) is 3.17. The summed E-state index contributed by atoms with van der Waals surface area (Å²) < 4.78 is 2.41. The predicted octanol–water partition coefficient (Wildman–Crippen LogP) is 8.12. The molecule has 0 N–H and O–H groups in total. The Hall–Kier alpha value is -3.30. The minimum atomic E-state index is 0.0398. The first-order valence-electron chi connectivity index (χ1n) is 10.6. The molecule has 0 amide bonds. The van der Waals surface area contributed by atoms with E-state index < -0.39 is 0 Å². The van der Waals surface area contributed by atoms with Crippen LogP contribution in [-0.2, 0) is 5.41 Å². The van der Waals surface area contributed by atoms with Gasteiger partial charge in [-0.15, -0.1) is 11.3 Å². The van der Waals surface area contributed by atoms with Gasteiger partial charge in [0, 0.05) is 15.6 Å². The van der Waals surface area contributed by atoms with Crippen LogP contribution in [0.1, 0.15) is 26.3 Å². The summed E-state index contributed by atoms with van der Waals surface area (Å²) >= 11 is 1.79. The highest BCUT2D eigenvalue weighted by Gasteiger charge is 2.20. The molecule has 0 unspecified atom stereocenters. The zero-order chi connectivity index (χ0) is 21.2. The molecule has 0 radical (unpaired) electrons. The molecule has 2 nitrogen and oxygen atoms in total. The summed E-state index contributed by atoms with van der Waals surface area (Å²) in [6, 6.07) is 26.2. The van der Waals surface area contributed by atoms with Gasteiger partial charge in [0.05, 0.1) is 15.9 Å². The first-order chi connectivity index (χ1) is 15.0. The maximum absolute atomic E-state index is 4.78. The highest BCUT2D eigenvalue weighted by molar-refractivity contribution is 7.26. The second-order valence-corrected chi connectivity index (χ2v) is 10.2. The van der Waals surface area contributed by atoms with Crippen LogP contribution in [0.15, 0.2) is 79.1 Å². The lowest BCUT2D eigenvalue weighted by molar-refractivity contribution is 0.596. The molecule has 0 spiro atoms. The first kappa shape index (κ1) is 18.5. The zero-order valence-corrected chi connectivity index (χ0v) is 18.6. The Bertz CT molecular complexity index is 1620. The third-order valence-electron chi connectivity index (χ3n) is 6.09. The molecular weight excluding hydrogens is 396 g/mol. The SMILES string of the molecule is CC(C)(C)c1cc(-c2ncnc3c2sc2ccc4ccccc4c23)cc2ccccc12. The number of hydrogen-bond acceptors (Lipinski definition) is 3. The molecule has 0 aliphatic heterocycles. The molecule has 0 fully saturated rings. The van der Waals surface area contributed by atoms with Crippen molar-refractivity contribution >= 4 is 53.2 Å². The normalized spacial score (nSPS) is 12.4. The predicted molar refractivity (Wildman–Crippen MR) is 134 cm³/mol. The summed E-state index contributed by atoms with van der Waals surface area (Å²) in [5.74, 6) is 0. The van der Waals surface area contributed by atoms with Gasteiger partial charge in [0.25, 0.3) is 0 Å². The quantitative estimate of drug-likeness (QED) is 0.269. The lowest BCUT2D eigenvalue weighted by Gasteiger charge is -2.22. The molecule has 0 atom stereocenters. The van der Waals surface area contributed by atoms with Crippen molar-refractivity contribution in [3.8, 4) is 11.3 Å². The van der Waals surface area contributed by atoms with Crippen molar-refractivity contribution in [3.05, 3.63) is 84.7 Å². The molecule has 2 aromatic heterocycles. The molecule has 31 heavy (non-hydrogen) atoms. The summed E-state index contributed by atoms with van der Waals surface area (Å²) in [6.45, 7) is 6.83. The molecule has 3 heteroatoms. The lowest BCUT2D eigenvalue weighted by atomic mass is 9.82. The lowest BCUT2D eigenvalue weighted by Crippen LogP contribution is -2.12. The second kappa shape index (κ2) is 6.60. The van der Waals surface area contributed by atoms with Gasteiger partial charge >= 0.3 is 0 Å². The van der Waals surface area contributed by atoms with Crippen molar-refractivity contribution < 1.29 is 0 Å². The van der Waals surface area contributed by atoms with E-state index in [-0.39, 0.29) is 5.41 Å². The maximum atomic E-state index is 4.78. The van der Waals surface area contributed by atoms with E-state index in [1.54, 1.807) is 17.7 Å². The fraction of sp³-hybridized carbons (Fsp3) is 0.143. The van der Waals surface area contributed by atoms with E-state index in [0.717, 1.165) is 21.5 Å². The van der Waals surface area contributed by atoms with Gasteiger partial charge in [-0.05, 0) is 50.7 Å². The van der Waals surface area contributed by atoms with Gasteiger partial charge in [0.15, 0.2) is 0 Å². The van der Waals surface area contributed by atoms with E-state index >= 15 is 0 Å². The number of hydrogen-bond donors (Lipinski definition) is 0. The van der Waals surface area contributed by atoms with Gasteiger partial charge < -0.3 is 0 Å². The topological polar surface area (TPSA) is 25.8 Å². The molecular formula is C28H22N2S. The number of nitrogens with zero attached hydrogens (tertiary/aromatic N) is 2. The van der Waals surface area contributed by atoms with Crippen LogP contribution in [0.2, 0.25) is 0 Å². The number of rotatable bonds is 1. The van der Waals surface area contributed by atoms with E-state index in [4.69, 9.17) is 9.97 Å². The summed E-state index contributed by atoms with van der Waals surface area (Å²) in [5.41, 5.74) is 4.61. The largest absolute Gasteiger partial charge is 0.235 e. The van der Waals surface area contributed by atoms with Crippen LogP contribution < -0.4 is 0 Å². The molecule has 2 heterocycles. The third-order valence-corrected chi connectivity index (χ3v) is 7.24. The fourth-order valence-electron chi connectivity index (χ4n) is 4.61. The van der Waals surface area contributed by atoms with Crippen molar-refractivity contribution in [1.29, 1.82) is 0 Å². The molecule has 4 aromatic carbocycles. The molecule has 0 saturated heterocycles. The summed E-state index contributed by atoms with van der Waals surface area (Å²) in [7, 11) is 0. The van der Waals surface area contributed by atoms with Gasteiger partial charge in [0.1, 0.15) is 6.33 Å². The Labute approximate surface area is 185 Å². The molecule has 0 bridgehead atoms. The van der Waals surface area contributed by atoms with Crippen molar-refractivity contribution in [3.63, 3.8) is 0 Å². The van der Waals surface area contributed by atoms with Gasteiger partial charge in [-0.2, -0.15) is 0 Å². The van der Waals surface area contributed by atoms with Gasteiger partial charge in [-0.25, -0.2) is 9.97 Å². The Morgan fingerprint density at radius 2 is 1.48 bits per heavy atom. The van der Waals surface area contributed by atoms with Crippen LogP contribution in [0, 0.1) is 0 Å². The molecule has 0 aliphatic rings. The Morgan fingerprint density at radius 3 is 2.29 bits per heavy atom. The summed E-state index contributed by atoms with van der Waals surface area (Å²) in [5, 5.41) is 6.30. The van der Waals surface area contributed by atoms with Gasteiger partial charge in [-0.3, -0.25) is 0 Å². The van der Waals surface area contributed by atoms with E-state index in [1.165, 1.54) is 37.2 Å². The highest BCUT2D eigenvalue weighted by atomic mass is 32.1. The molecule has 0 aliphatic carbocycles.